The Hall–Kier alpha value is -1.90. The number of aryl methyl sites for hydroxylation is 1. The second-order valence-corrected chi connectivity index (χ2v) is 5.40. The summed E-state index contributed by atoms with van der Waals surface area (Å²) in [6.45, 7) is 7.78. The van der Waals surface area contributed by atoms with Gasteiger partial charge in [-0.15, -0.1) is 0 Å². The molecule has 19 heavy (non-hydrogen) atoms. The molecule has 2 amide bonds. The van der Waals surface area contributed by atoms with Crippen molar-refractivity contribution in [3.05, 3.63) is 41.5 Å². The van der Waals surface area contributed by atoms with Gasteiger partial charge in [0.05, 0.1) is 11.6 Å². The van der Waals surface area contributed by atoms with Crippen LogP contribution in [-0.2, 0) is 9.59 Å². The van der Waals surface area contributed by atoms with Crippen LogP contribution in [0.5, 0.6) is 0 Å². The fourth-order valence-electron chi connectivity index (χ4n) is 2.25. The molecule has 0 aliphatic carbocycles. The summed E-state index contributed by atoms with van der Waals surface area (Å²) in [5.41, 5.74) is 2.37. The number of carbonyl (C=O) groups is 2. The Bertz CT molecular complexity index is 540. The van der Waals surface area contributed by atoms with Crippen molar-refractivity contribution in [3.8, 4) is 0 Å². The molecule has 0 N–H and O–H groups in total. The molecule has 1 aliphatic rings. The lowest BCUT2D eigenvalue weighted by Crippen LogP contribution is -2.30. The van der Waals surface area contributed by atoms with Crippen LogP contribution in [0.25, 0.3) is 0 Å². The van der Waals surface area contributed by atoms with E-state index in [-0.39, 0.29) is 23.7 Å². The predicted molar refractivity (Wildman–Crippen MR) is 75.8 cm³/mol. The lowest BCUT2D eigenvalue weighted by molar-refractivity contribution is -0.122. The van der Waals surface area contributed by atoms with Crippen LogP contribution in [0.3, 0.4) is 0 Å². The highest BCUT2D eigenvalue weighted by molar-refractivity contribution is 6.29. The molecule has 0 bridgehead atoms. The van der Waals surface area contributed by atoms with E-state index in [1.54, 1.807) is 6.92 Å². The molecule has 1 atom stereocenters. The quantitative estimate of drug-likeness (QED) is 0.603. The van der Waals surface area contributed by atoms with Crippen molar-refractivity contribution in [1.29, 1.82) is 0 Å². The van der Waals surface area contributed by atoms with E-state index in [0.717, 1.165) is 5.56 Å². The fraction of sp³-hybridized carbons (Fsp3) is 0.375. The first kappa shape index (κ1) is 13.5. The van der Waals surface area contributed by atoms with Crippen molar-refractivity contribution >= 4 is 17.5 Å². The Morgan fingerprint density at radius 1 is 1.16 bits per heavy atom. The van der Waals surface area contributed by atoms with Crippen LogP contribution >= 0.6 is 0 Å². The summed E-state index contributed by atoms with van der Waals surface area (Å²) in [6.07, 6.45) is 1.89. The van der Waals surface area contributed by atoms with Gasteiger partial charge in [0.15, 0.2) is 0 Å². The van der Waals surface area contributed by atoms with Crippen LogP contribution in [0.4, 0.5) is 5.69 Å². The van der Waals surface area contributed by atoms with Gasteiger partial charge in [0.1, 0.15) is 0 Å². The van der Waals surface area contributed by atoms with Crippen LogP contribution in [0.1, 0.15) is 26.3 Å². The molecule has 0 spiro atoms. The largest absolute Gasteiger partial charge is 0.273 e. The van der Waals surface area contributed by atoms with Gasteiger partial charge in [-0.1, -0.05) is 37.6 Å². The summed E-state index contributed by atoms with van der Waals surface area (Å²) in [7, 11) is 0. The number of hydrogen-bond donors (Lipinski definition) is 0. The van der Waals surface area contributed by atoms with Gasteiger partial charge in [0.2, 0.25) is 5.91 Å². The van der Waals surface area contributed by atoms with E-state index < -0.39 is 0 Å². The number of imide groups is 1. The van der Waals surface area contributed by atoms with Gasteiger partial charge in [-0.25, -0.2) is 4.90 Å². The Morgan fingerprint density at radius 2 is 1.74 bits per heavy atom. The van der Waals surface area contributed by atoms with Crippen LogP contribution in [-0.4, -0.2) is 11.8 Å². The number of allylic oxidation sites excluding steroid dienone is 1. The van der Waals surface area contributed by atoms with Crippen molar-refractivity contribution in [3.63, 3.8) is 0 Å². The highest BCUT2D eigenvalue weighted by Gasteiger charge is 2.41. The molecule has 1 heterocycles. The van der Waals surface area contributed by atoms with Crippen molar-refractivity contribution < 1.29 is 9.59 Å². The standard InChI is InChI=1S/C16H19NO2/c1-10(2)9-14-12(4)15(18)17(16(14)19)13-7-5-11(3)6-8-13/h5-10,12H,1-4H3/b14-9+. The molecule has 3 nitrogen and oxygen atoms in total. The zero-order chi connectivity index (χ0) is 14.2. The number of rotatable bonds is 2. The number of nitrogens with zero attached hydrogens (tertiary/aromatic N) is 1. The fourth-order valence-corrected chi connectivity index (χ4v) is 2.25. The van der Waals surface area contributed by atoms with Gasteiger partial charge in [-0.05, 0) is 31.9 Å². The van der Waals surface area contributed by atoms with Gasteiger partial charge >= 0.3 is 0 Å². The number of hydrogen-bond acceptors (Lipinski definition) is 2. The average Bonchev–Trinajstić information content (AvgIpc) is 2.55. The second-order valence-electron chi connectivity index (χ2n) is 5.40. The third kappa shape index (κ3) is 2.46. The van der Waals surface area contributed by atoms with E-state index in [4.69, 9.17) is 0 Å². The lowest BCUT2D eigenvalue weighted by atomic mass is 10.0. The van der Waals surface area contributed by atoms with Crippen molar-refractivity contribution in [2.24, 2.45) is 11.8 Å². The molecule has 2 rings (SSSR count). The van der Waals surface area contributed by atoms with Crippen LogP contribution in [0.15, 0.2) is 35.9 Å². The third-order valence-corrected chi connectivity index (χ3v) is 3.31. The molecule has 3 heteroatoms. The lowest BCUT2D eigenvalue weighted by Gasteiger charge is -2.13. The molecule has 100 valence electrons. The SMILES string of the molecule is Cc1ccc(N2C(=O)/C(=C/C(C)C)C(C)C2=O)cc1. The van der Waals surface area contributed by atoms with E-state index in [9.17, 15) is 9.59 Å². The Balaban J connectivity index is 2.40. The summed E-state index contributed by atoms with van der Waals surface area (Å²) >= 11 is 0. The van der Waals surface area contributed by atoms with Gasteiger partial charge in [0.25, 0.3) is 5.91 Å². The van der Waals surface area contributed by atoms with Crippen molar-refractivity contribution in [2.75, 3.05) is 4.90 Å². The first-order valence-electron chi connectivity index (χ1n) is 6.58. The molecule has 0 radical (unpaired) electrons. The Labute approximate surface area is 113 Å². The van der Waals surface area contributed by atoms with Crippen molar-refractivity contribution in [1.82, 2.24) is 0 Å². The zero-order valence-electron chi connectivity index (χ0n) is 11.8. The molecule has 1 saturated heterocycles. The smallest absolute Gasteiger partial charge is 0.261 e. The minimum atomic E-state index is -0.351. The van der Waals surface area contributed by atoms with Gasteiger partial charge in [-0.3, -0.25) is 9.59 Å². The van der Waals surface area contributed by atoms with Crippen LogP contribution in [0, 0.1) is 18.8 Å². The van der Waals surface area contributed by atoms with Gasteiger partial charge in [0, 0.05) is 5.57 Å². The van der Waals surface area contributed by atoms with Gasteiger partial charge < -0.3 is 0 Å². The summed E-state index contributed by atoms with van der Waals surface area (Å²) in [5.74, 6) is -0.417. The number of carbonyl (C=O) groups excluding carboxylic acids is 2. The first-order valence-corrected chi connectivity index (χ1v) is 6.58. The predicted octanol–water partition coefficient (Wildman–Crippen LogP) is 3.09. The highest BCUT2D eigenvalue weighted by Crippen LogP contribution is 2.31. The van der Waals surface area contributed by atoms with E-state index in [2.05, 4.69) is 0 Å². The van der Waals surface area contributed by atoms with E-state index in [1.807, 2.05) is 51.1 Å². The molecule has 0 aromatic heterocycles. The Morgan fingerprint density at radius 3 is 2.26 bits per heavy atom. The Kier molecular flexibility index (Phi) is 3.56. The monoisotopic (exact) mass is 257 g/mol. The maximum Gasteiger partial charge on any atom is 0.261 e. The average molecular weight is 257 g/mol. The summed E-state index contributed by atoms with van der Waals surface area (Å²) in [5, 5.41) is 0. The maximum atomic E-state index is 12.4. The zero-order valence-corrected chi connectivity index (χ0v) is 11.8. The highest BCUT2D eigenvalue weighted by atomic mass is 16.2. The maximum absolute atomic E-state index is 12.4. The normalized spacial score (nSPS) is 21.8. The summed E-state index contributed by atoms with van der Waals surface area (Å²) in [6, 6.07) is 7.45. The van der Waals surface area contributed by atoms with Crippen molar-refractivity contribution in [2.45, 2.75) is 27.7 Å². The molecule has 1 aromatic carbocycles. The first-order chi connectivity index (χ1) is 8.91. The topological polar surface area (TPSA) is 37.4 Å². The van der Waals surface area contributed by atoms with Crippen LogP contribution < -0.4 is 4.90 Å². The molecule has 0 saturated carbocycles. The molecule has 1 aromatic rings. The molecular weight excluding hydrogens is 238 g/mol. The summed E-state index contributed by atoms with van der Waals surface area (Å²) in [4.78, 5) is 25.9. The van der Waals surface area contributed by atoms with E-state index >= 15 is 0 Å². The summed E-state index contributed by atoms with van der Waals surface area (Å²) < 4.78 is 0. The van der Waals surface area contributed by atoms with E-state index in [0.29, 0.717) is 11.3 Å². The second kappa shape index (κ2) is 5.00. The molecular formula is C16H19NO2. The van der Waals surface area contributed by atoms with E-state index in [1.165, 1.54) is 4.90 Å². The minimum Gasteiger partial charge on any atom is -0.273 e. The van der Waals surface area contributed by atoms with Gasteiger partial charge in [-0.2, -0.15) is 0 Å². The molecule has 1 unspecified atom stereocenters. The number of amides is 2. The molecule has 1 aliphatic heterocycles. The third-order valence-electron chi connectivity index (χ3n) is 3.31. The van der Waals surface area contributed by atoms with Crippen LogP contribution in [0.2, 0.25) is 0 Å². The number of anilines is 1. The minimum absolute atomic E-state index is 0.138. The molecule has 1 fully saturated rings. The number of benzene rings is 1.